The minimum atomic E-state index is -0.485. The molecular weight excluding hydrogens is 228 g/mol. The minimum Gasteiger partial charge on any atom is -0.444 e. The Labute approximate surface area is 108 Å². The van der Waals surface area contributed by atoms with E-state index >= 15 is 0 Å². The van der Waals surface area contributed by atoms with Crippen molar-refractivity contribution in [2.75, 3.05) is 0 Å². The fourth-order valence-electron chi connectivity index (χ4n) is 1.35. The average molecular weight is 246 g/mol. The highest BCUT2D eigenvalue weighted by Gasteiger charge is 2.15. The van der Waals surface area contributed by atoms with Crippen molar-refractivity contribution in [3.05, 3.63) is 35.4 Å². The molecule has 0 aliphatic heterocycles. The highest BCUT2D eigenvalue weighted by atomic mass is 16.6. The van der Waals surface area contributed by atoms with Crippen LogP contribution < -0.4 is 5.32 Å². The summed E-state index contributed by atoms with van der Waals surface area (Å²) >= 11 is 0. The number of hydrogen-bond donors (Lipinski definition) is 1. The predicted molar refractivity (Wildman–Crippen MR) is 68.8 cm³/mol. The molecule has 0 atom stereocenters. The number of amides is 1. The summed E-state index contributed by atoms with van der Waals surface area (Å²) in [6.07, 6.45) is -0.0247. The molecule has 1 rings (SSSR count). The molecule has 0 heterocycles. The number of hydrogen-bond acceptors (Lipinski definition) is 3. The van der Waals surface area contributed by atoms with Gasteiger partial charge in [-0.05, 0) is 31.9 Å². The van der Waals surface area contributed by atoms with Gasteiger partial charge in [-0.25, -0.2) is 4.79 Å². The zero-order valence-corrected chi connectivity index (χ0v) is 11.0. The molecule has 0 radical (unpaired) electrons. The van der Waals surface area contributed by atoms with Crippen molar-refractivity contribution in [2.24, 2.45) is 0 Å². The summed E-state index contributed by atoms with van der Waals surface area (Å²) in [4.78, 5) is 11.4. The van der Waals surface area contributed by atoms with Crippen molar-refractivity contribution in [1.29, 1.82) is 5.26 Å². The Kier molecular flexibility index (Phi) is 4.73. The zero-order valence-electron chi connectivity index (χ0n) is 11.0. The van der Waals surface area contributed by atoms with Crippen molar-refractivity contribution in [1.82, 2.24) is 5.32 Å². The standard InChI is InChI=1S/C14H18N2O2/c1-14(2,3)18-13(17)16-10-12-6-4-11(5-7-12)8-9-15/h4-7H,8,10H2,1-3H3,(H,16,17). The smallest absolute Gasteiger partial charge is 0.407 e. The van der Waals surface area contributed by atoms with Gasteiger partial charge in [-0.3, -0.25) is 0 Å². The fourth-order valence-corrected chi connectivity index (χ4v) is 1.35. The van der Waals surface area contributed by atoms with E-state index in [1.165, 1.54) is 0 Å². The molecule has 1 N–H and O–H groups in total. The van der Waals surface area contributed by atoms with Gasteiger partial charge in [0.05, 0.1) is 12.5 Å². The van der Waals surface area contributed by atoms with Crippen LogP contribution in [0.25, 0.3) is 0 Å². The molecular formula is C14H18N2O2. The highest BCUT2D eigenvalue weighted by molar-refractivity contribution is 5.67. The summed E-state index contributed by atoms with van der Waals surface area (Å²) in [7, 11) is 0. The van der Waals surface area contributed by atoms with Gasteiger partial charge in [0, 0.05) is 6.54 Å². The van der Waals surface area contributed by atoms with Crippen LogP contribution in [-0.4, -0.2) is 11.7 Å². The Morgan fingerprint density at radius 3 is 2.33 bits per heavy atom. The SMILES string of the molecule is CC(C)(C)OC(=O)NCc1ccc(CC#N)cc1. The molecule has 0 saturated carbocycles. The summed E-state index contributed by atoms with van der Waals surface area (Å²) in [5.41, 5.74) is 1.46. The van der Waals surface area contributed by atoms with Gasteiger partial charge in [0.15, 0.2) is 0 Å². The third-order valence-corrected chi connectivity index (χ3v) is 2.14. The van der Waals surface area contributed by atoms with E-state index in [0.29, 0.717) is 13.0 Å². The van der Waals surface area contributed by atoms with E-state index in [2.05, 4.69) is 11.4 Å². The second-order valence-corrected chi connectivity index (χ2v) is 5.01. The second kappa shape index (κ2) is 6.06. The number of ether oxygens (including phenoxy) is 1. The number of rotatable bonds is 3. The topological polar surface area (TPSA) is 62.1 Å². The number of alkyl carbamates (subject to hydrolysis) is 1. The lowest BCUT2D eigenvalue weighted by Gasteiger charge is -2.19. The lowest BCUT2D eigenvalue weighted by atomic mass is 10.1. The fraction of sp³-hybridized carbons (Fsp3) is 0.429. The normalized spacial score (nSPS) is 10.6. The Balaban J connectivity index is 2.44. The molecule has 0 bridgehead atoms. The lowest BCUT2D eigenvalue weighted by Crippen LogP contribution is -2.32. The molecule has 0 unspecified atom stereocenters. The summed E-state index contributed by atoms with van der Waals surface area (Å²) in [5.74, 6) is 0. The summed E-state index contributed by atoms with van der Waals surface area (Å²) in [6, 6.07) is 9.64. The largest absolute Gasteiger partial charge is 0.444 e. The Morgan fingerprint density at radius 1 is 1.28 bits per heavy atom. The van der Waals surface area contributed by atoms with Gasteiger partial charge in [0.1, 0.15) is 5.60 Å². The maximum atomic E-state index is 11.4. The number of nitrogens with zero attached hydrogens (tertiary/aromatic N) is 1. The van der Waals surface area contributed by atoms with Crippen molar-refractivity contribution >= 4 is 6.09 Å². The lowest BCUT2D eigenvalue weighted by molar-refractivity contribution is 0.0523. The first-order valence-electron chi connectivity index (χ1n) is 5.82. The first kappa shape index (κ1) is 14.0. The van der Waals surface area contributed by atoms with E-state index in [4.69, 9.17) is 10.00 Å². The Hall–Kier alpha value is -2.02. The first-order chi connectivity index (χ1) is 8.40. The van der Waals surface area contributed by atoms with Crippen LogP contribution >= 0.6 is 0 Å². The number of benzene rings is 1. The van der Waals surface area contributed by atoms with Gasteiger partial charge in [0.2, 0.25) is 0 Å². The molecule has 4 heteroatoms. The summed E-state index contributed by atoms with van der Waals surface area (Å²) in [6.45, 7) is 5.89. The summed E-state index contributed by atoms with van der Waals surface area (Å²) in [5, 5.41) is 11.2. The minimum absolute atomic E-state index is 0.403. The van der Waals surface area contributed by atoms with E-state index in [1.807, 2.05) is 45.0 Å². The molecule has 0 fully saturated rings. The Morgan fingerprint density at radius 2 is 1.83 bits per heavy atom. The number of nitrogens with one attached hydrogen (secondary N) is 1. The number of carbonyl (C=O) groups is 1. The molecule has 0 aliphatic carbocycles. The monoisotopic (exact) mass is 246 g/mol. The molecule has 1 amide bonds. The van der Waals surface area contributed by atoms with E-state index in [0.717, 1.165) is 11.1 Å². The van der Waals surface area contributed by atoms with E-state index in [9.17, 15) is 4.79 Å². The average Bonchev–Trinajstić information content (AvgIpc) is 2.26. The predicted octanol–water partition coefficient (Wildman–Crippen LogP) is 2.78. The first-order valence-corrected chi connectivity index (χ1v) is 5.82. The summed E-state index contributed by atoms with van der Waals surface area (Å²) < 4.78 is 5.13. The highest BCUT2D eigenvalue weighted by Crippen LogP contribution is 2.08. The van der Waals surface area contributed by atoms with Gasteiger partial charge in [0.25, 0.3) is 0 Å². The number of carbonyl (C=O) groups excluding carboxylic acids is 1. The van der Waals surface area contributed by atoms with Crippen molar-refractivity contribution in [3.8, 4) is 6.07 Å². The van der Waals surface area contributed by atoms with Crippen LogP contribution in [0.4, 0.5) is 4.79 Å². The van der Waals surface area contributed by atoms with Crippen LogP contribution in [0, 0.1) is 11.3 Å². The van der Waals surface area contributed by atoms with E-state index in [1.54, 1.807) is 0 Å². The number of nitriles is 1. The third kappa shape index (κ3) is 5.35. The van der Waals surface area contributed by atoms with Crippen molar-refractivity contribution in [3.63, 3.8) is 0 Å². The molecule has 1 aromatic rings. The molecule has 0 aliphatic rings. The van der Waals surface area contributed by atoms with Gasteiger partial charge in [-0.1, -0.05) is 24.3 Å². The third-order valence-electron chi connectivity index (χ3n) is 2.14. The van der Waals surface area contributed by atoms with Crippen molar-refractivity contribution in [2.45, 2.75) is 39.3 Å². The van der Waals surface area contributed by atoms with Crippen LogP contribution in [0.1, 0.15) is 31.9 Å². The van der Waals surface area contributed by atoms with Gasteiger partial charge in [-0.2, -0.15) is 5.26 Å². The molecule has 18 heavy (non-hydrogen) atoms. The van der Waals surface area contributed by atoms with Crippen LogP contribution in [-0.2, 0) is 17.7 Å². The zero-order chi connectivity index (χ0) is 13.6. The molecule has 0 aromatic heterocycles. The Bertz CT molecular complexity index is 438. The quantitative estimate of drug-likeness (QED) is 0.892. The maximum Gasteiger partial charge on any atom is 0.407 e. The molecule has 4 nitrogen and oxygen atoms in total. The van der Waals surface area contributed by atoms with Gasteiger partial charge in [-0.15, -0.1) is 0 Å². The van der Waals surface area contributed by atoms with Crippen LogP contribution in [0.3, 0.4) is 0 Å². The van der Waals surface area contributed by atoms with Crippen molar-refractivity contribution < 1.29 is 9.53 Å². The molecule has 1 aromatic carbocycles. The molecule has 96 valence electrons. The van der Waals surface area contributed by atoms with Crippen LogP contribution in [0.15, 0.2) is 24.3 Å². The van der Waals surface area contributed by atoms with Crippen LogP contribution in [0.5, 0.6) is 0 Å². The van der Waals surface area contributed by atoms with Gasteiger partial charge >= 0.3 is 6.09 Å². The van der Waals surface area contributed by atoms with Crippen LogP contribution in [0.2, 0.25) is 0 Å². The van der Waals surface area contributed by atoms with E-state index < -0.39 is 11.7 Å². The maximum absolute atomic E-state index is 11.4. The second-order valence-electron chi connectivity index (χ2n) is 5.01. The molecule has 0 spiro atoms. The van der Waals surface area contributed by atoms with Gasteiger partial charge < -0.3 is 10.1 Å². The van der Waals surface area contributed by atoms with E-state index in [-0.39, 0.29) is 0 Å². The molecule has 0 saturated heterocycles.